The van der Waals surface area contributed by atoms with Crippen LogP contribution in [0.3, 0.4) is 0 Å². The molecule has 0 N–H and O–H groups in total. The lowest BCUT2D eigenvalue weighted by Crippen LogP contribution is -2.50. The Morgan fingerprint density at radius 1 is 1.00 bits per heavy atom. The lowest BCUT2D eigenvalue weighted by molar-refractivity contribution is 0.0792. The maximum absolute atomic E-state index is 13.0. The first-order chi connectivity index (χ1) is 12.9. The number of carbonyl (C=O) groups is 2. The van der Waals surface area contributed by atoms with Gasteiger partial charge in [-0.3, -0.25) is 4.79 Å². The van der Waals surface area contributed by atoms with E-state index in [-0.39, 0.29) is 43.6 Å². The Morgan fingerprint density at radius 2 is 1.67 bits per heavy atom. The predicted molar refractivity (Wildman–Crippen MR) is 98.9 cm³/mol. The van der Waals surface area contributed by atoms with E-state index < -0.39 is 16.1 Å². The van der Waals surface area contributed by atoms with Crippen molar-refractivity contribution in [2.45, 2.75) is 24.7 Å². The topological polar surface area (TPSA) is 87.2 Å². The molecule has 1 aromatic rings. The minimum absolute atomic E-state index is 0.108. The van der Waals surface area contributed by atoms with E-state index in [0.29, 0.717) is 18.7 Å². The molecule has 2 saturated heterocycles. The van der Waals surface area contributed by atoms with Gasteiger partial charge in [0.1, 0.15) is 0 Å². The van der Waals surface area contributed by atoms with Crippen molar-refractivity contribution in [3.8, 4) is 0 Å². The highest BCUT2D eigenvalue weighted by molar-refractivity contribution is 7.89. The second-order valence-electron chi connectivity index (χ2n) is 6.62. The van der Waals surface area contributed by atoms with Gasteiger partial charge in [-0.05, 0) is 38.0 Å². The Hall–Kier alpha value is -2.13. The molecule has 0 radical (unpaired) electrons. The molecule has 0 saturated carbocycles. The van der Waals surface area contributed by atoms with Gasteiger partial charge in [-0.25, -0.2) is 13.2 Å². The van der Waals surface area contributed by atoms with Gasteiger partial charge in [0.05, 0.1) is 11.5 Å². The smallest absolute Gasteiger partial charge is 0.409 e. The molecule has 0 bridgehead atoms. The number of carbonyl (C=O) groups excluding carboxylic acids is 2. The average molecular weight is 395 g/mol. The molecule has 8 nitrogen and oxygen atoms in total. The summed E-state index contributed by atoms with van der Waals surface area (Å²) in [5.74, 6) is -0.128. The zero-order valence-corrected chi connectivity index (χ0v) is 16.3. The first-order valence-corrected chi connectivity index (χ1v) is 10.7. The molecule has 148 valence electrons. The maximum Gasteiger partial charge on any atom is 0.409 e. The summed E-state index contributed by atoms with van der Waals surface area (Å²) in [7, 11) is -3.72. The highest BCUT2D eigenvalue weighted by Gasteiger charge is 2.31. The first kappa shape index (κ1) is 19.6. The number of hydrogen-bond donors (Lipinski definition) is 0. The van der Waals surface area contributed by atoms with Crippen LogP contribution in [0.15, 0.2) is 29.2 Å². The first-order valence-electron chi connectivity index (χ1n) is 9.24. The number of benzene rings is 1. The van der Waals surface area contributed by atoms with E-state index in [4.69, 9.17) is 4.74 Å². The van der Waals surface area contributed by atoms with Crippen molar-refractivity contribution in [2.75, 3.05) is 45.9 Å². The van der Waals surface area contributed by atoms with Crippen molar-refractivity contribution in [3.05, 3.63) is 29.8 Å². The van der Waals surface area contributed by atoms with E-state index in [9.17, 15) is 18.0 Å². The fourth-order valence-electron chi connectivity index (χ4n) is 3.37. The van der Waals surface area contributed by atoms with Gasteiger partial charge in [0.15, 0.2) is 0 Å². The van der Waals surface area contributed by atoms with Crippen LogP contribution in [0.1, 0.15) is 30.1 Å². The third-order valence-corrected chi connectivity index (χ3v) is 6.77. The van der Waals surface area contributed by atoms with Crippen molar-refractivity contribution in [3.63, 3.8) is 0 Å². The van der Waals surface area contributed by atoms with Gasteiger partial charge in [0.25, 0.3) is 5.91 Å². The number of ether oxygens (including phenoxy) is 1. The third-order valence-electron chi connectivity index (χ3n) is 4.88. The van der Waals surface area contributed by atoms with E-state index in [0.717, 1.165) is 12.8 Å². The molecular formula is C18H25N3O5S. The van der Waals surface area contributed by atoms with Crippen LogP contribution in [-0.2, 0) is 14.8 Å². The molecule has 27 heavy (non-hydrogen) atoms. The Bertz CT molecular complexity index is 797. The van der Waals surface area contributed by atoms with Gasteiger partial charge < -0.3 is 14.5 Å². The Labute approximate surface area is 159 Å². The molecule has 2 fully saturated rings. The molecule has 2 aliphatic rings. The van der Waals surface area contributed by atoms with E-state index >= 15 is 0 Å². The highest BCUT2D eigenvalue weighted by Crippen LogP contribution is 2.21. The van der Waals surface area contributed by atoms with Crippen molar-refractivity contribution in [1.82, 2.24) is 14.1 Å². The standard InChI is InChI=1S/C18H25N3O5S/c1-2-26-18(23)20-10-12-21(13-11-20)27(24,25)16-7-5-6-15(14-16)17(22)19-8-3-4-9-19/h5-7,14H,2-4,8-13H2,1H3. The molecule has 0 spiro atoms. The van der Waals surface area contributed by atoms with Gasteiger partial charge in [-0.2, -0.15) is 4.31 Å². The molecule has 9 heteroatoms. The number of amides is 2. The number of hydrogen-bond acceptors (Lipinski definition) is 5. The summed E-state index contributed by atoms with van der Waals surface area (Å²) in [5.41, 5.74) is 0.392. The van der Waals surface area contributed by atoms with Crippen LogP contribution in [0.2, 0.25) is 0 Å². The summed E-state index contributed by atoms with van der Waals surface area (Å²) in [4.78, 5) is 27.7. The molecule has 0 aromatic heterocycles. The Morgan fingerprint density at radius 3 is 2.30 bits per heavy atom. The van der Waals surface area contributed by atoms with Crippen LogP contribution >= 0.6 is 0 Å². The number of sulfonamides is 1. The summed E-state index contributed by atoms with van der Waals surface area (Å²) < 4.78 is 32.2. The zero-order chi connectivity index (χ0) is 19.4. The van der Waals surface area contributed by atoms with Crippen LogP contribution < -0.4 is 0 Å². The number of likely N-dealkylation sites (tertiary alicyclic amines) is 1. The van der Waals surface area contributed by atoms with E-state index in [1.54, 1.807) is 24.0 Å². The number of rotatable bonds is 4. The van der Waals surface area contributed by atoms with Gasteiger partial charge in [0.2, 0.25) is 10.0 Å². The largest absolute Gasteiger partial charge is 0.450 e. The van der Waals surface area contributed by atoms with Gasteiger partial charge in [0, 0.05) is 44.8 Å². The van der Waals surface area contributed by atoms with E-state index in [1.165, 1.54) is 21.3 Å². The summed E-state index contributed by atoms with van der Waals surface area (Å²) in [6.07, 6.45) is 1.54. The van der Waals surface area contributed by atoms with Gasteiger partial charge in [-0.1, -0.05) is 6.07 Å². The van der Waals surface area contributed by atoms with Gasteiger partial charge >= 0.3 is 6.09 Å². The average Bonchev–Trinajstić information content (AvgIpc) is 3.22. The van der Waals surface area contributed by atoms with Crippen molar-refractivity contribution < 1.29 is 22.7 Å². The molecule has 2 amide bonds. The second kappa shape index (κ2) is 8.26. The lowest BCUT2D eigenvalue weighted by atomic mass is 10.2. The predicted octanol–water partition coefficient (Wildman–Crippen LogP) is 1.39. The summed E-state index contributed by atoms with van der Waals surface area (Å²) >= 11 is 0. The summed E-state index contributed by atoms with van der Waals surface area (Å²) in [5, 5.41) is 0. The quantitative estimate of drug-likeness (QED) is 0.769. The molecule has 0 aliphatic carbocycles. The maximum atomic E-state index is 13.0. The van der Waals surface area contributed by atoms with E-state index in [1.807, 2.05) is 0 Å². The summed E-state index contributed by atoms with van der Waals surface area (Å²) in [6.45, 7) is 4.41. The second-order valence-corrected chi connectivity index (χ2v) is 8.56. The SMILES string of the molecule is CCOC(=O)N1CCN(S(=O)(=O)c2cccc(C(=O)N3CCCC3)c2)CC1. The molecule has 2 aliphatic heterocycles. The Balaban J connectivity index is 1.71. The molecule has 3 rings (SSSR count). The third kappa shape index (κ3) is 4.24. The molecule has 1 aromatic carbocycles. The number of nitrogens with zero attached hydrogens (tertiary/aromatic N) is 3. The normalized spacial score (nSPS) is 18.6. The lowest BCUT2D eigenvalue weighted by Gasteiger charge is -2.33. The molecule has 2 heterocycles. The number of piperazine rings is 1. The van der Waals surface area contributed by atoms with Crippen molar-refractivity contribution in [2.24, 2.45) is 0 Å². The monoisotopic (exact) mass is 395 g/mol. The van der Waals surface area contributed by atoms with Crippen LogP contribution in [0.5, 0.6) is 0 Å². The molecule has 0 atom stereocenters. The minimum atomic E-state index is -3.72. The fraction of sp³-hybridized carbons (Fsp3) is 0.556. The van der Waals surface area contributed by atoms with Crippen molar-refractivity contribution >= 4 is 22.0 Å². The molecule has 0 unspecified atom stereocenters. The highest BCUT2D eigenvalue weighted by atomic mass is 32.2. The van der Waals surface area contributed by atoms with Crippen LogP contribution in [-0.4, -0.2) is 80.4 Å². The minimum Gasteiger partial charge on any atom is -0.450 e. The van der Waals surface area contributed by atoms with Crippen LogP contribution in [0.4, 0.5) is 4.79 Å². The zero-order valence-electron chi connectivity index (χ0n) is 15.5. The van der Waals surface area contributed by atoms with Crippen LogP contribution in [0.25, 0.3) is 0 Å². The Kier molecular flexibility index (Phi) is 6.01. The van der Waals surface area contributed by atoms with Gasteiger partial charge in [-0.15, -0.1) is 0 Å². The molecular weight excluding hydrogens is 370 g/mol. The van der Waals surface area contributed by atoms with E-state index in [2.05, 4.69) is 0 Å². The van der Waals surface area contributed by atoms with Crippen LogP contribution in [0, 0.1) is 0 Å². The van der Waals surface area contributed by atoms with Crippen molar-refractivity contribution in [1.29, 1.82) is 0 Å². The fourth-order valence-corrected chi connectivity index (χ4v) is 4.84. The summed E-state index contributed by atoms with van der Waals surface area (Å²) in [6, 6.07) is 6.21.